The number of anilines is 2. The zero-order valence-electron chi connectivity index (χ0n) is 22.5. The molecular formula is C30H24ClF2N5O3S2. The van der Waals surface area contributed by atoms with Crippen LogP contribution < -0.4 is 14.4 Å². The van der Waals surface area contributed by atoms with Crippen molar-refractivity contribution in [2.45, 2.75) is 24.2 Å². The molecule has 5 aromatic rings. The van der Waals surface area contributed by atoms with Gasteiger partial charge >= 0.3 is 0 Å². The van der Waals surface area contributed by atoms with Gasteiger partial charge in [0, 0.05) is 41.9 Å². The maximum Gasteiger partial charge on any atom is 0.266 e. The number of nitrogens with zero attached hydrogens (tertiary/aromatic N) is 4. The predicted molar refractivity (Wildman–Crippen MR) is 163 cm³/mol. The van der Waals surface area contributed by atoms with Crippen LogP contribution in [0.4, 0.5) is 20.4 Å². The smallest absolute Gasteiger partial charge is 0.266 e. The minimum atomic E-state index is -4.31. The van der Waals surface area contributed by atoms with Crippen LogP contribution in [0, 0.1) is 11.6 Å². The third kappa shape index (κ3) is 6.46. The van der Waals surface area contributed by atoms with Gasteiger partial charge < -0.3 is 9.64 Å². The minimum absolute atomic E-state index is 0.0659. The van der Waals surface area contributed by atoms with Crippen molar-refractivity contribution >= 4 is 44.6 Å². The molecule has 6 rings (SSSR count). The summed E-state index contributed by atoms with van der Waals surface area (Å²) in [4.78, 5) is 14.5. The Morgan fingerprint density at radius 2 is 1.77 bits per heavy atom. The third-order valence-corrected chi connectivity index (χ3v) is 9.14. The highest BCUT2D eigenvalue weighted by Gasteiger charge is 2.24. The number of sulfonamides is 1. The Labute approximate surface area is 256 Å². The van der Waals surface area contributed by atoms with Crippen LogP contribution in [0.25, 0.3) is 22.4 Å². The molecule has 1 N–H and O–H groups in total. The molecule has 4 heterocycles. The Morgan fingerprint density at radius 3 is 2.53 bits per heavy atom. The van der Waals surface area contributed by atoms with Gasteiger partial charge in [-0.1, -0.05) is 23.7 Å². The van der Waals surface area contributed by atoms with Crippen molar-refractivity contribution in [3.05, 3.63) is 94.5 Å². The van der Waals surface area contributed by atoms with E-state index in [1.165, 1.54) is 47.0 Å². The molecule has 0 saturated carbocycles. The summed E-state index contributed by atoms with van der Waals surface area (Å²) in [7, 11) is -4.31. The van der Waals surface area contributed by atoms with Crippen molar-refractivity contribution in [2.75, 3.05) is 22.7 Å². The van der Waals surface area contributed by atoms with Crippen molar-refractivity contribution in [2.24, 2.45) is 0 Å². The summed E-state index contributed by atoms with van der Waals surface area (Å²) in [5, 5.41) is 1.34. The van der Waals surface area contributed by atoms with Gasteiger partial charge in [0.25, 0.3) is 10.0 Å². The van der Waals surface area contributed by atoms with Gasteiger partial charge in [0.1, 0.15) is 28.1 Å². The molecule has 0 spiro atoms. The lowest BCUT2D eigenvalue weighted by molar-refractivity contribution is 0.473. The summed E-state index contributed by atoms with van der Waals surface area (Å²) in [6.45, 7) is 1.79. The molecule has 2 aromatic carbocycles. The van der Waals surface area contributed by atoms with Crippen LogP contribution in [-0.4, -0.2) is 36.5 Å². The number of aromatic nitrogens is 3. The quantitative estimate of drug-likeness (QED) is 0.185. The summed E-state index contributed by atoms with van der Waals surface area (Å²) >= 11 is 7.62. The molecule has 0 atom stereocenters. The maximum absolute atomic E-state index is 15.2. The SMILES string of the molecule is O=S(=O)(Nc1cscn1)c1cc(Cl)c(Oc2cnc(-c3cccc(F)c3)cc2-c2ccnc(N3CCCCC3)c2)cc1F. The van der Waals surface area contributed by atoms with E-state index in [0.717, 1.165) is 49.4 Å². The number of ether oxygens (including phenoxy) is 1. The lowest BCUT2D eigenvalue weighted by Crippen LogP contribution is -2.30. The second-order valence-electron chi connectivity index (χ2n) is 9.82. The van der Waals surface area contributed by atoms with Gasteiger partial charge in [0.15, 0.2) is 11.6 Å². The van der Waals surface area contributed by atoms with Crippen LogP contribution in [0.2, 0.25) is 5.02 Å². The zero-order chi connectivity index (χ0) is 30.0. The summed E-state index contributed by atoms with van der Waals surface area (Å²) in [5.41, 5.74) is 3.82. The van der Waals surface area contributed by atoms with E-state index in [1.807, 2.05) is 12.1 Å². The Morgan fingerprint density at radius 1 is 0.930 bits per heavy atom. The Balaban J connectivity index is 1.39. The van der Waals surface area contributed by atoms with Gasteiger partial charge in [-0.05, 0) is 61.2 Å². The van der Waals surface area contributed by atoms with E-state index < -0.39 is 26.6 Å². The van der Waals surface area contributed by atoms with Gasteiger partial charge in [-0.25, -0.2) is 27.2 Å². The fraction of sp³-hybridized carbons (Fsp3) is 0.167. The van der Waals surface area contributed by atoms with E-state index in [1.54, 1.807) is 24.4 Å². The van der Waals surface area contributed by atoms with E-state index in [-0.39, 0.29) is 22.3 Å². The molecule has 3 aromatic heterocycles. The Hall–Kier alpha value is -4.13. The number of rotatable bonds is 8. The first-order valence-electron chi connectivity index (χ1n) is 13.3. The molecule has 1 fully saturated rings. The van der Waals surface area contributed by atoms with Crippen molar-refractivity contribution in [1.29, 1.82) is 0 Å². The van der Waals surface area contributed by atoms with Crippen molar-refractivity contribution in [1.82, 2.24) is 15.0 Å². The van der Waals surface area contributed by atoms with Crippen LogP contribution >= 0.6 is 22.9 Å². The lowest BCUT2D eigenvalue weighted by atomic mass is 10.0. The number of thiazole rings is 1. The van der Waals surface area contributed by atoms with E-state index in [4.69, 9.17) is 16.3 Å². The predicted octanol–water partition coefficient (Wildman–Crippen LogP) is 7.78. The number of benzene rings is 2. The number of halogens is 3. The lowest BCUT2D eigenvalue weighted by Gasteiger charge is -2.28. The van der Waals surface area contributed by atoms with Crippen molar-refractivity contribution in [3.63, 3.8) is 0 Å². The molecule has 0 amide bonds. The average Bonchev–Trinajstić information content (AvgIpc) is 3.52. The normalized spacial score (nSPS) is 13.6. The fourth-order valence-electron chi connectivity index (χ4n) is 4.81. The van der Waals surface area contributed by atoms with E-state index in [9.17, 15) is 12.8 Å². The Kier molecular flexibility index (Phi) is 8.24. The van der Waals surface area contributed by atoms with Crippen LogP contribution in [0.3, 0.4) is 0 Å². The molecule has 0 bridgehead atoms. The van der Waals surface area contributed by atoms with Gasteiger partial charge in [-0.15, -0.1) is 11.3 Å². The molecule has 1 aliphatic heterocycles. The molecule has 1 aliphatic rings. The second-order valence-corrected chi connectivity index (χ2v) is 12.6. The monoisotopic (exact) mass is 639 g/mol. The second kappa shape index (κ2) is 12.2. The summed E-state index contributed by atoms with van der Waals surface area (Å²) < 4.78 is 63.2. The van der Waals surface area contributed by atoms with Crippen molar-refractivity contribution < 1.29 is 21.9 Å². The van der Waals surface area contributed by atoms with Crippen molar-refractivity contribution in [3.8, 4) is 33.9 Å². The van der Waals surface area contributed by atoms with Gasteiger partial charge in [0.05, 0.1) is 22.4 Å². The first-order chi connectivity index (χ1) is 20.8. The molecule has 0 aliphatic carbocycles. The van der Waals surface area contributed by atoms with E-state index >= 15 is 4.39 Å². The largest absolute Gasteiger partial charge is 0.453 e. The first-order valence-corrected chi connectivity index (χ1v) is 16.1. The first kappa shape index (κ1) is 29.0. The number of piperidine rings is 1. The van der Waals surface area contributed by atoms with Crippen LogP contribution in [-0.2, 0) is 10.0 Å². The number of pyridine rings is 2. The van der Waals surface area contributed by atoms with Crippen LogP contribution in [0.1, 0.15) is 19.3 Å². The molecule has 220 valence electrons. The topological polar surface area (TPSA) is 97.3 Å². The van der Waals surface area contributed by atoms with E-state index in [2.05, 4.69) is 24.6 Å². The molecule has 13 heteroatoms. The summed E-state index contributed by atoms with van der Waals surface area (Å²) in [6, 6.07) is 13.5. The average molecular weight is 640 g/mol. The molecule has 43 heavy (non-hydrogen) atoms. The maximum atomic E-state index is 15.2. The number of hydrogen-bond donors (Lipinski definition) is 1. The van der Waals surface area contributed by atoms with E-state index in [0.29, 0.717) is 16.8 Å². The standard InChI is InChI=1S/C30H24ClF2N5O3S2/c31-23-14-28(43(39,40)37-29-17-42-18-36-29)24(33)15-26(23)41-27-16-35-25(20-5-4-6-21(32)11-20)13-22(27)19-7-8-34-30(12-19)38-9-2-1-3-10-38/h4-8,11-18,37H,1-3,9-10H2. The molecule has 8 nitrogen and oxygen atoms in total. The van der Waals surface area contributed by atoms with Gasteiger partial charge in [-0.2, -0.15) is 0 Å². The van der Waals surface area contributed by atoms with Gasteiger partial charge in [0.2, 0.25) is 0 Å². The van der Waals surface area contributed by atoms with Gasteiger partial charge in [-0.3, -0.25) is 9.71 Å². The summed E-state index contributed by atoms with van der Waals surface area (Å²) in [6.07, 6.45) is 6.47. The number of hydrogen-bond acceptors (Lipinski definition) is 8. The molecular weight excluding hydrogens is 616 g/mol. The Bertz CT molecular complexity index is 1890. The highest BCUT2D eigenvalue weighted by molar-refractivity contribution is 7.92. The molecule has 0 radical (unpaired) electrons. The molecule has 1 saturated heterocycles. The highest BCUT2D eigenvalue weighted by atomic mass is 35.5. The summed E-state index contributed by atoms with van der Waals surface area (Å²) in [5.74, 6) is -0.481. The minimum Gasteiger partial charge on any atom is -0.453 e. The number of nitrogens with one attached hydrogen (secondary N) is 1. The highest BCUT2D eigenvalue weighted by Crippen LogP contribution is 2.40. The third-order valence-electron chi connectivity index (χ3n) is 6.89. The van der Waals surface area contributed by atoms with Crippen LogP contribution in [0.15, 0.2) is 82.8 Å². The zero-order valence-corrected chi connectivity index (χ0v) is 24.9. The molecule has 0 unspecified atom stereocenters. The van der Waals surface area contributed by atoms with Crippen LogP contribution in [0.5, 0.6) is 11.5 Å². The fourth-order valence-corrected chi connectivity index (χ4v) is 6.72.